The van der Waals surface area contributed by atoms with Gasteiger partial charge in [0.05, 0.1) is 0 Å². The maximum atomic E-state index is 5.24. The minimum atomic E-state index is 0.409. The Morgan fingerprint density at radius 1 is 1.27 bits per heavy atom. The largest absolute Gasteiger partial charge is 0.384 e. The fourth-order valence-electron chi connectivity index (χ4n) is 3.09. The Balaban J connectivity index is 2.49. The lowest BCUT2D eigenvalue weighted by Crippen LogP contribution is -2.42. The highest BCUT2D eigenvalue weighted by atomic mass is 16.5. The van der Waals surface area contributed by atoms with Crippen molar-refractivity contribution in [3.05, 3.63) is 0 Å². The van der Waals surface area contributed by atoms with Crippen molar-refractivity contribution in [3.63, 3.8) is 0 Å². The van der Waals surface area contributed by atoms with Crippen LogP contribution < -0.4 is 5.32 Å². The molecule has 2 nitrogen and oxygen atoms in total. The molecule has 0 aromatic heterocycles. The summed E-state index contributed by atoms with van der Waals surface area (Å²) >= 11 is 0. The van der Waals surface area contributed by atoms with E-state index in [1.54, 1.807) is 7.11 Å². The molecule has 1 rings (SSSR count). The lowest BCUT2D eigenvalue weighted by Gasteiger charge is -2.34. The first-order valence-corrected chi connectivity index (χ1v) is 6.32. The van der Waals surface area contributed by atoms with Gasteiger partial charge in [0.1, 0.15) is 0 Å². The first-order chi connectivity index (χ1) is 7.08. The van der Waals surface area contributed by atoms with E-state index in [-0.39, 0.29) is 0 Å². The topological polar surface area (TPSA) is 21.3 Å². The van der Waals surface area contributed by atoms with Gasteiger partial charge in [0.25, 0.3) is 0 Å². The summed E-state index contributed by atoms with van der Waals surface area (Å²) in [7, 11) is 1.80. The van der Waals surface area contributed by atoms with E-state index in [9.17, 15) is 0 Å². The van der Waals surface area contributed by atoms with Gasteiger partial charge in [-0.05, 0) is 44.1 Å². The minimum absolute atomic E-state index is 0.409. The Kier molecular flexibility index (Phi) is 5.07. The van der Waals surface area contributed by atoms with Crippen LogP contribution in [0.3, 0.4) is 0 Å². The number of hydrogen-bond acceptors (Lipinski definition) is 2. The van der Waals surface area contributed by atoms with Gasteiger partial charge in [-0.25, -0.2) is 0 Å². The zero-order valence-corrected chi connectivity index (χ0v) is 10.8. The molecule has 1 aliphatic rings. The van der Waals surface area contributed by atoms with Crippen LogP contribution >= 0.6 is 0 Å². The zero-order chi connectivity index (χ0) is 11.3. The lowest BCUT2D eigenvalue weighted by atomic mass is 9.80. The van der Waals surface area contributed by atoms with E-state index in [0.717, 1.165) is 12.5 Å². The summed E-state index contributed by atoms with van der Waals surface area (Å²) in [4.78, 5) is 0. The Labute approximate surface area is 94.8 Å². The standard InChI is InChI=1S/C13H27NO/c1-11(2)8-13(6-5-7-14-13)9-12(3)10-15-4/h11-12,14H,5-10H2,1-4H3. The zero-order valence-electron chi connectivity index (χ0n) is 10.8. The first kappa shape index (κ1) is 13.0. The van der Waals surface area contributed by atoms with Crippen LogP contribution in [0.1, 0.15) is 46.5 Å². The molecule has 2 unspecified atom stereocenters. The molecule has 2 atom stereocenters. The molecule has 0 spiro atoms. The monoisotopic (exact) mass is 213 g/mol. The second-order valence-electron chi connectivity index (χ2n) is 5.67. The van der Waals surface area contributed by atoms with E-state index >= 15 is 0 Å². The van der Waals surface area contributed by atoms with E-state index in [1.165, 1.54) is 32.2 Å². The molecule has 0 aromatic carbocycles. The molecule has 1 N–H and O–H groups in total. The molecule has 15 heavy (non-hydrogen) atoms. The van der Waals surface area contributed by atoms with Crippen LogP contribution in [0.25, 0.3) is 0 Å². The fourth-order valence-corrected chi connectivity index (χ4v) is 3.09. The van der Waals surface area contributed by atoms with E-state index in [0.29, 0.717) is 11.5 Å². The van der Waals surface area contributed by atoms with Gasteiger partial charge in [-0.15, -0.1) is 0 Å². The van der Waals surface area contributed by atoms with E-state index < -0.39 is 0 Å². The molecule has 2 heteroatoms. The molecule has 1 aliphatic heterocycles. The van der Waals surface area contributed by atoms with Crippen LogP contribution in [0.15, 0.2) is 0 Å². The molecule has 0 radical (unpaired) electrons. The Hall–Kier alpha value is -0.0800. The van der Waals surface area contributed by atoms with Crippen LogP contribution in [0.5, 0.6) is 0 Å². The Morgan fingerprint density at radius 2 is 2.00 bits per heavy atom. The molecule has 0 aliphatic carbocycles. The van der Waals surface area contributed by atoms with Gasteiger partial charge in [0, 0.05) is 19.3 Å². The van der Waals surface area contributed by atoms with Crippen molar-refractivity contribution in [2.75, 3.05) is 20.3 Å². The number of methoxy groups -OCH3 is 1. The highest BCUT2D eigenvalue weighted by Gasteiger charge is 2.34. The summed E-state index contributed by atoms with van der Waals surface area (Å²) in [6, 6.07) is 0. The summed E-state index contributed by atoms with van der Waals surface area (Å²) in [5.74, 6) is 1.45. The summed E-state index contributed by atoms with van der Waals surface area (Å²) in [5, 5.41) is 3.74. The molecule has 0 saturated carbocycles. The van der Waals surface area contributed by atoms with Crippen molar-refractivity contribution in [3.8, 4) is 0 Å². The van der Waals surface area contributed by atoms with E-state index in [2.05, 4.69) is 26.1 Å². The predicted octanol–water partition coefficient (Wildman–Crippen LogP) is 2.83. The number of rotatable bonds is 6. The summed E-state index contributed by atoms with van der Waals surface area (Å²) in [6.45, 7) is 9.03. The molecular formula is C13H27NO. The second-order valence-corrected chi connectivity index (χ2v) is 5.67. The van der Waals surface area contributed by atoms with Gasteiger partial charge >= 0.3 is 0 Å². The molecule has 0 amide bonds. The third-order valence-electron chi connectivity index (χ3n) is 3.32. The Bertz CT molecular complexity index is 173. The number of hydrogen-bond donors (Lipinski definition) is 1. The summed E-state index contributed by atoms with van der Waals surface area (Å²) in [5.41, 5.74) is 0.409. The average Bonchev–Trinajstić information content (AvgIpc) is 2.51. The van der Waals surface area contributed by atoms with Crippen LogP contribution in [0.4, 0.5) is 0 Å². The van der Waals surface area contributed by atoms with Crippen molar-refractivity contribution in [2.45, 2.75) is 52.0 Å². The minimum Gasteiger partial charge on any atom is -0.384 e. The fraction of sp³-hybridized carbons (Fsp3) is 1.00. The van der Waals surface area contributed by atoms with Gasteiger partial charge < -0.3 is 10.1 Å². The number of nitrogens with one attached hydrogen (secondary N) is 1. The molecular weight excluding hydrogens is 186 g/mol. The van der Waals surface area contributed by atoms with E-state index in [4.69, 9.17) is 4.74 Å². The van der Waals surface area contributed by atoms with Gasteiger partial charge in [0.2, 0.25) is 0 Å². The van der Waals surface area contributed by atoms with Crippen molar-refractivity contribution >= 4 is 0 Å². The van der Waals surface area contributed by atoms with Crippen LogP contribution in [-0.2, 0) is 4.74 Å². The van der Waals surface area contributed by atoms with Gasteiger partial charge in [-0.1, -0.05) is 20.8 Å². The predicted molar refractivity (Wildman–Crippen MR) is 65.1 cm³/mol. The third-order valence-corrected chi connectivity index (χ3v) is 3.32. The van der Waals surface area contributed by atoms with Crippen LogP contribution in [-0.4, -0.2) is 25.8 Å². The smallest absolute Gasteiger partial charge is 0.0488 e. The third kappa shape index (κ3) is 4.12. The maximum absolute atomic E-state index is 5.24. The van der Waals surface area contributed by atoms with E-state index in [1.807, 2.05) is 0 Å². The SMILES string of the molecule is COCC(C)CC1(CC(C)C)CCCN1. The van der Waals surface area contributed by atoms with Crippen molar-refractivity contribution in [2.24, 2.45) is 11.8 Å². The molecule has 0 aromatic rings. The van der Waals surface area contributed by atoms with Gasteiger partial charge in [-0.2, -0.15) is 0 Å². The van der Waals surface area contributed by atoms with Crippen molar-refractivity contribution < 1.29 is 4.74 Å². The van der Waals surface area contributed by atoms with Crippen molar-refractivity contribution in [1.82, 2.24) is 5.32 Å². The molecule has 0 bridgehead atoms. The van der Waals surface area contributed by atoms with Crippen LogP contribution in [0, 0.1) is 11.8 Å². The molecule has 1 saturated heterocycles. The quantitative estimate of drug-likeness (QED) is 0.732. The lowest BCUT2D eigenvalue weighted by molar-refractivity contribution is 0.130. The van der Waals surface area contributed by atoms with Gasteiger partial charge in [-0.3, -0.25) is 0 Å². The van der Waals surface area contributed by atoms with Crippen LogP contribution in [0.2, 0.25) is 0 Å². The first-order valence-electron chi connectivity index (χ1n) is 6.32. The number of ether oxygens (including phenoxy) is 1. The van der Waals surface area contributed by atoms with Crippen molar-refractivity contribution in [1.29, 1.82) is 0 Å². The normalized spacial score (nSPS) is 28.6. The summed E-state index contributed by atoms with van der Waals surface area (Å²) in [6.07, 6.45) is 5.26. The summed E-state index contributed by atoms with van der Waals surface area (Å²) < 4.78 is 5.24. The average molecular weight is 213 g/mol. The van der Waals surface area contributed by atoms with Gasteiger partial charge in [0.15, 0.2) is 0 Å². The highest BCUT2D eigenvalue weighted by molar-refractivity contribution is 4.94. The molecule has 90 valence electrons. The second kappa shape index (κ2) is 5.86. The molecule has 1 fully saturated rings. The Morgan fingerprint density at radius 3 is 2.47 bits per heavy atom. The molecule has 1 heterocycles. The highest BCUT2D eigenvalue weighted by Crippen LogP contribution is 2.32. The maximum Gasteiger partial charge on any atom is 0.0488 e.